The summed E-state index contributed by atoms with van der Waals surface area (Å²) < 4.78 is 0. The van der Waals surface area contributed by atoms with E-state index in [0.717, 1.165) is 12.8 Å². The third kappa shape index (κ3) is 4.04. The minimum absolute atomic E-state index is 0.0705. The van der Waals surface area contributed by atoms with Crippen molar-refractivity contribution in [3.8, 4) is 11.1 Å². The predicted octanol–water partition coefficient (Wildman–Crippen LogP) is 12.0. The van der Waals surface area contributed by atoms with Crippen LogP contribution in [0.2, 0.25) is 0 Å². The molecule has 0 spiro atoms. The molecule has 0 radical (unpaired) electrons. The Balaban J connectivity index is 1.26. The minimum atomic E-state index is -0.168. The van der Waals surface area contributed by atoms with Crippen LogP contribution in [0.15, 0.2) is 72.8 Å². The molecule has 0 amide bonds. The molecule has 48 heavy (non-hydrogen) atoms. The lowest BCUT2D eigenvalue weighted by molar-refractivity contribution is 0.606. The highest BCUT2D eigenvalue weighted by atomic mass is 15.2. The van der Waals surface area contributed by atoms with Crippen molar-refractivity contribution in [1.29, 1.82) is 0 Å². The molecule has 0 aromatic heterocycles. The van der Waals surface area contributed by atoms with Crippen LogP contribution in [0.4, 0.5) is 17.1 Å². The zero-order chi connectivity index (χ0) is 34.1. The van der Waals surface area contributed by atoms with Gasteiger partial charge >= 0.3 is 0 Å². The molecular weight excluding hydrogens is 581 g/mol. The summed E-state index contributed by atoms with van der Waals surface area (Å²) in [7, 11) is 0. The van der Waals surface area contributed by atoms with Crippen molar-refractivity contribution in [1.82, 2.24) is 0 Å². The molecule has 2 unspecified atom stereocenters. The summed E-state index contributed by atoms with van der Waals surface area (Å²) in [4.78, 5) is 2.68. The van der Waals surface area contributed by atoms with Gasteiger partial charge in [0.25, 0.3) is 0 Å². The Hall–Kier alpha value is -4.30. The number of anilines is 3. The highest BCUT2D eigenvalue weighted by Gasteiger charge is 2.58. The number of aryl methyl sites for hydroxylation is 7. The molecule has 8 rings (SSSR count). The number of hydrogen-bond donors (Lipinski definition) is 1. The second kappa shape index (κ2) is 10.1. The monoisotopic (exact) mass is 630 g/mol. The fourth-order valence-corrected chi connectivity index (χ4v) is 9.76. The number of benzene rings is 5. The molecule has 3 aliphatic carbocycles. The first-order valence-electron chi connectivity index (χ1n) is 18.0. The summed E-state index contributed by atoms with van der Waals surface area (Å²) >= 11 is 0. The van der Waals surface area contributed by atoms with Crippen LogP contribution >= 0.6 is 0 Å². The maximum absolute atomic E-state index is 4.07. The lowest BCUT2D eigenvalue weighted by Crippen LogP contribution is -2.33. The number of nitrogens with one attached hydrogen (secondary N) is 1. The summed E-state index contributed by atoms with van der Waals surface area (Å²) in [6.07, 6.45) is 2.05. The van der Waals surface area contributed by atoms with Crippen LogP contribution < -0.4 is 10.2 Å². The van der Waals surface area contributed by atoms with Gasteiger partial charge in [-0.15, -0.1) is 0 Å². The first-order valence-corrected chi connectivity index (χ1v) is 18.0. The van der Waals surface area contributed by atoms with E-state index in [1.54, 1.807) is 0 Å². The van der Waals surface area contributed by atoms with Crippen LogP contribution in [-0.4, -0.2) is 0 Å². The summed E-state index contributed by atoms with van der Waals surface area (Å²) in [6, 6.07) is 28.7. The minimum Gasteiger partial charge on any atom is -0.371 e. The van der Waals surface area contributed by atoms with Gasteiger partial charge in [0.1, 0.15) is 0 Å². The van der Waals surface area contributed by atoms with Gasteiger partial charge in [-0.3, -0.25) is 0 Å². The number of hydrogen-bond acceptors (Lipinski definition) is 2. The van der Waals surface area contributed by atoms with Gasteiger partial charge in [-0.1, -0.05) is 92.9 Å². The lowest BCUT2D eigenvalue weighted by Gasteiger charge is -2.37. The largest absolute Gasteiger partial charge is 0.371 e. The average molecular weight is 631 g/mol. The molecule has 0 heterocycles. The van der Waals surface area contributed by atoms with Crippen LogP contribution in [0.3, 0.4) is 0 Å². The van der Waals surface area contributed by atoms with E-state index in [2.05, 4.69) is 159 Å². The van der Waals surface area contributed by atoms with E-state index < -0.39 is 0 Å². The Labute approximate surface area is 288 Å². The molecule has 2 atom stereocenters. The van der Waals surface area contributed by atoms with Gasteiger partial charge in [0.2, 0.25) is 0 Å². The molecule has 0 aliphatic heterocycles. The summed E-state index contributed by atoms with van der Waals surface area (Å²) in [6.45, 7) is 25.2. The summed E-state index contributed by atoms with van der Waals surface area (Å²) in [5.41, 5.74) is 24.5. The third-order valence-electron chi connectivity index (χ3n) is 12.2. The van der Waals surface area contributed by atoms with Crippen molar-refractivity contribution < 1.29 is 0 Å². The summed E-state index contributed by atoms with van der Waals surface area (Å²) in [5.74, 6) is 0. The zero-order valence-electron chi connectivity index (χ0n) is 30.8. The van der Waals surface area contributed by atoms with Crippen LogP contribution in [0.1, 0.15) is 113 Å². The van der Waals surface area contributed by atoms with Crippen molar-refractivity contribution in [2.24, 2.45) is 0 Å². The molecule has 244 valence electrons. The molecular formula is C46H50N2. The van der Waals surface area contributed by atoms with Crippen LogP contribution in [0.5, 0.6) is 0 Å². The second-order valence-electron chi connectivity index (χ2n) is 15.8. The first kappa shape index (κ1) is 31.0. The molecule has 2 heteroatoms. The first-order chi connectivity index (χ1) is 22.8. The smallest absolute Gasteiger partial charge is 0.0960 e. The van der Waals surface area contributed by atoms with Crippen molar-refractivity contribution in [2.45, 2.75) is 105 Å². The Morgan fingerprint density at radius 2 is 1.00 bits per heavy atom. The van der Waals surface area contributed by atoms with Gasteiger partial charge in [0.15, 0.2) is 0 Å². The van der Waals surface area contributed by atoms with Crippen LogP contribution in [-0.2, 0) is 16.5 Å². The Morgan fingerprint density at radius 3 is 1.54 bits per heavy atom. The Kier molecular flexibility index (Phi) is 6.53. The highest BCUT2D eigenvalue weighted by molar-refractivity contribution is 5.90. The maximum atomic E-state index is 4.07. The van der Waals surface area contributed by atoms with Crippen LogP contribution in [0.25, 0.3) is 11.1 Å². The second-order valence-corrected chi connectivity index (χ2v) is 15.8. The van der Waals surface area contributed by atoms with Crippen molar-refractivity contribution in [3.05, 3.63) is 145 Å². The van der Waals surface area contributed by atoms with Gasteiger partial charge in [0, 0.05) is 22.5 Å². The highest BCUT2D eigenvalue weighted by Crippen LogP contribution is 2.65. The van der Waals surface area contributed by atoms with Gasteiger partial charge in [0.05, 0.1) is 11.1 Å². The van der Waals surface area contributed by atoms with Gasteiger partial charge in [-0.25, -0.2) is 0 Å². The Morgan fingerprint density at radius 1 is 0.521 bits per heavy atom. The maximum Gasteiger partial charge on any atom is 0.0960 e. The Bertz CT molecular complexity index is 2140. The molecule has 0 saturated heterocycles. The van der Waals surface area contributed by atoms with E-state index in [4.69, 9.17) is 0 Å². The fraction of sp³-hybridized carbons (Fsp3) is 0.348. The molecule has 1 N–H and O–H groups in total. The summed E-state index contributed by atoms with van der Waals surface area (Å²) in [5, 5.41) is 4.07. The molecule has 5 aromatic carbocycles. The molecule has 0 saturated carbocycles. The third-order valence-corrected chi connectivity index (χ3v) is 12.2. The van der Waals surface area contributed by atoms with Gasteiger partial charge < -0.3 is 10.2 Å². The molecule has 0 fully saturated rings. The molecule has 5 aromatic rings. The van der Waals surface area contributed by atoms with E-state index in [-0.39, 0.29) is 16.5 Å². The number of rotatable bonds is 7. The zero-order valence-corrected chi connectivity index (χ0v) is 30.8. The van der Waals surface area contributed by atoms with E-state index in [1.807, 2.05) is 0 Å². The topological polar surface area (TPSA) is 15.3 Å². The van der Waals surface area contributed by atoms with E-state index in [9.17, 15) is 0 Å². The molecule has 2 nitrogen and oxygen atoms in total. The lowest BCUT2D eigenvalue weighted by atomic mass is 9.82. The van der Waals surface area contributed by atoms with E-state index in [1.165, 1.54) is 101 Å². The van der Waals surface area contributed by atoms with Crippen LogP contribution in [0, 0.1) is 48.5 Å². The van der Waals surface area contributed by atoms with E-state index >= 15 is 0 Å². The predicted molar refractivity (Wildman–Crippen MR) is 204 cm³/mol. The van der Waals surface area contributed by atoms with E-state index in [0.29, 0.717) is 0 Å². The normalized spacial score (nSPS) is 20.5. The molecule has 3 aliphatic rings. The SMILES string of the molecule is CCC1(Nc2c(C)cc(C)cc2C)c2cc3c(cc21)C(C)(C)c1cc2c(cc1-3)C2(CC)N(c1ccc(C)cc1)c1c(C)cc(C)cc1C. The van der Waals surface area contributed by atoms with Gasteiger partial charge in [-0.2, -0.15) is 0 Å². The quantitative estimate of drug-likeness (QED) is 0.192. The van der Waals surface area contributed by atoms with Crippen molar-refractivity contribution in [3.63, 3.8) is 0 Å². The van der Waals surface area contributed by atoms with Crippen molar-refractivity contribution in [2.75, 3.05) is 10.2 Å². The fourth-order valence-electron chi connectivity index (χ4n) is 9.76. The molecule has 0 bridgehead atoms. The van der Waals surface area contributed by atoms with Crippen molar-refractivity contribution >= 4 is 17.1 Å². The average Bonchev–Trinajstić information content (AvgIpc) is 3.86. The van der Waals surface area contributed by atoms with Gasteiger partial charge in [-0.05, 0) is 152 Å². The number of fused-ring (bicyclic) bond motifs is 5. The standard InChI is InChI=1S/C46H50N2/c1-12-45(47-42-29(6)18-27(4)19-30(42)7)38-22-34-35-23-40-41(25-37(35)44(10,11)36(34)24-39(38)45)46(40,13-2)48(33-16-14-26(3)15-17-33)43-31(8)20-28(5)21-32(43)9/h14-25,47H,12-13H2,1-11H3. The number of nitrogens with zero attached hydrogens (tertiary/aromatic N) is 1.